The van der Waals surface area contributed by atoms with Gasteiger partial charge < -0.3 is 4.74 Å². The number of hydrogen-bond acceptors (Lipinski definition) is 4. The Morgan fingerprint density at radius 2 is 1.69 bits per heavy atom. The Bertz CT molecular complexity index is 877. The van der Waals surface area contributed by atoms with Crippen LogP contribution in [0, 0.1) is 5.92 Å². The highest BCUT2D eigenvalue weighted by Gasteiger charge is 2.38. The molecule has 1 aliphatic heterocycles. The predicted molar refractivity (Wildman–Crippen MR) is 102 cm³/mol. The molecule has 0 spiro atoms. The summed E-state index contributed by atoms with van der Waals surface area (Å²) in [5, 5.41) is 6.82. The fourth-order valence-electron chi connectivity index (χ4n) is 2.63. The van der Waals surface area contributed by atoms with Gasteiger partial charge in [-0.25, -0.2) is 0 Å². The minimum Gasteiger partial charge on any atom is -0.468 e. The highest BCUT2D eigenvalue weighted by Crippen LogP contribution is 2.31. The Morgan fingerprint density at radius 1 is 1.08 bits per heavy atom. The van der Waals surface area contributed by atoms with E-state index in [0.29, 0.717) is 26.5 Å². The van der Waals surface area contributed by atoms with E-state index < -0.39 is 17.8 Å². The maximum Gasteiger partial charge on any atom is 0.318 e. The molecule has 0 saturated heterocycles. The minimum absolute atomic E-state index is 0.123. The molecule has 5 nitrogen and oxygen atoms in total. The molecule has 0 aliphatic carbocycles. The monoisotopic (exact) mass is 410 g/mol. The summed E-state index contributed by atoms with van der Waals surface area (Å²) < 4.78 is 4.78. The fraction of sp³-hybridized carbons (Fsp3) is 0.167. The molecule has 0 bridgehead atoms. The van der Waals surface area contributed by atoms with Crippen molar-refractivity contribution in [1.29, 1.82) is 0 Å². The first-order chi connectivity index (χ1) is 12.4. The van der Waals surface area contributed by atoms with Crippen molar-refractivity contribution in [3.8, 4) is 0 Å². The third kappa shape index (κ3) is 3.85. The lowest BCUT2D eigenvalue weighted by atomic mass is 9.95. The summed E-state index contributed by atoms with van der Waals surface area (Å²) in [5.41, 5.74) is 1.66. The van der Waals surface area contributed by atoms with Gasteiger partial charge in [-0.15, -0.1) is 0 Å². The number of hydrogen-bond donors (Lipinski definition) is 0. The number of ether oxygens (including phenoxy) is 1. The highest BCUT2D eigenvalue weighted by atomic mass is 35.5. The molecule has 0 saturated carbocycles. The van der Waals surface area contributed by atoms with Crippen LogP contribution < -0.4 is 5.01 Å². The van der Waals surface area contributed by atoms with Crippen LogP contribution in [0.25, 0.3) is 0 Å². The van der Waals surface area contributed by atoms with Crippen molar-refractivity contribution >= 4 is 58.1 Å². The van der Waals surface area contributed by atoms with Gasteiger partial charge in [0.25, 0.3) is 5.91 Å². The van der Waals surface area contributed by atoms with Crippen LogP contribution in [0.1, 0.15) is 12.0 Å². The van der Waals surface area contributed by atoms with E-state index in [9.17, 15) is 9.59 Å². The lowest BCUT2D eigenvalue weighted by molar-refractivity contribution is -0.149. The molecule has 1 amide bonds. The molecule has 1 atom stereocenters. The van der Waals surface area contributed by atoms with E-state index in [2.05, 4.69) is 5.10 Å². The first-order valence-corrected chi connectivity index (χ1v) is 8.73. The second kappa shape index (κ2) is 7.66. The fourth-order valence-corrected chi connectivity index (χ4v) is 3.27. The molecule has 134 valence electrons. The second-order valence-corrected chi connectivity index (χ2v) is 6.92. The molecule has 1 heterocycles. The average molecular weight is 412 g/mol. The van der Waals surface area contributed by atoms with Gasteiger partial charge in [-0.05, 0) is 35.9 Å². The lowest BCUT2D eigenvalue weighted by Crippen LogP contribution is -2.43. The molecule has 1 aliphatic rings. The third-order valence-electron chi connectivity index (χ3n) is 3.88. The third-order valence-corrected chi connectivity index (χ3v) is 4.57. The topological polar surface area (TPSA) is 59.0 Å². The van der Waals surface area contributed by atoms with E-state index in [1.54, 1.807) is 42.5 Å². The van der Waals surface area contributed by atoms with Gasteiger partial charge in [0.2, 0.25) is 0 Å². The van der Waals surface area contributed by atoms with Gasteiger partial charge in [0.1, 0.15) is 5.92 Å². The quantitative estimate of drug-likeness (QED) is 0.549. The molecule has 2 aromatic rings. The van der Waals surface area contributed by atoms with Gasteiger partial charge in [0, 0.05) is 21.5 Å². The van der Waals surface area contributed by atoms with Crippen molar-refractivity contribution in [3.63, 3.8) is 0 Å². The predicted octanol–water partition coefficient (Wildman–Crippen LogP) is 4.58. The van der Waals surface area contributed by atoms with Crippen LogP contribution >= 0.6 is 34.8 Å². The molecule has 0 radical (unpaired) electrons. The summed E-state index contributed by atoms with van der Waals surface area (Å²) in [7, 11) is 1.24. The first-order valence-electron chi connectivity index (χ1n) is 7.60. The number of hydrazone groups is 1. The van der Waals surface area contributed by atoms with Crippen LogP contribution in [0.2, 0.25) is 15.1 Å². The van der Waals surface area contributed by atoms with E-state index >= 15 is 0 Å². The van der Waals surface area contributed by atoms with Crippen LogP contribution in [0.5, 0.6) is 0 Å². The molecule has 3 rings (SSSR count). The minimum atomic E-state index is -1.01. The van der Waals surface area contributed by atoms with Crippen molar-refractivity contribution in [2.24, 2.45) is 11.0 Å². The average Bonchev–Trinajstić information content (AvgIpc) is 2.61. The number of anilines is 1. The van der Waals surface area contributed by atoms with E-state index in [1.807, 2.05) is 0 Å². The summed E-state index contributed by atoms with van der Waals surface area (Å²) in [6, 6.07) is 11.6. The smallest absolute Gasteiger partial charge is 0.318 e. The van der Waals surface area contributed by atoms with Crippen molar-refractivity contribution in [2.45, 2.75) is 6.42 Å². The molecular weight excluding hydrogens is 399 g/mol. The molecule has 0 fully saturated rings. The summed E-state index contributed by atoms with van der Waals surface area (Å²) in [6.07, 6.45) is 0.123. The number of carbonyl (C=O) groups excluding carboxylic acids is 2. The highest BCUT2D eigenvalue weighted by molar-refractivity contribution is 6.35. The zero-order valence-corrected chi connectivity index (χ0v) is 15.8. The zero-order valence-electron chi connectivity index (χ0n) is 13.6. The molecular formula is C18H13Cl3N2O3. The molecule has 0 aromatic heterocycles. The van der Waals surface area contributed by atoms with Gasteiger partial charge in [0.15, 0.2) is 0 Å². The van der Waals surface area contributed by atoms with Crippen LogP contribution in [-0.2, 0) is 14.3 Å². The summed E-state index contributed by atoms with van der Waals surface area (Å²) >= 11 is 18.0. The Labute approximate surface area is 165 Å². The number of carbonyl (C=O) groups is 2. The largest absolute Gasteiger partial charge is 0.468 e. The molecule has 0 N–H and O–H groups in total. The van der Waals surface area contributed by atoms with Gasteiger partial charge in [-0.1, -0.05) is 46.9 Å². The first kappa shape index (κ1) is 18.7. The SMILES string of the molecule is COC(=O)C1CC(c2ccc(Cl)cc2)=NN(c2cc(Cl)cc(Cl)c2)C1=O. The lowest BCUT2D eigenvalue weighted by Gasteiger charge is -2.28. The number of nitrogens with zero attached hydrogens (tertiary/aromatic N) is 2. The van der Waals surface area contributed by atoms with E-state index in [1.165, 1.54) is 7.11 Å². The van der Waals surface area contributed by atoms with Crippen molar-refractivity contribution < 1.29 is 14.3 Å². The zero-order chi connectivity index (χ0) is 18.8. The van der Waals surface area contributed by atoms with E-state index in [0.717, 1.165) is 10.6 Å². The Balaban J connectivity index is 2.09. The molecule has 1 unspecified atom stereocenters. The van der Waals surface area contributed by atoms with Crippen LogP contribution in [0.15, 0.2) is 47.6 Å². The van der Waals surface area contributed by atoms with Gasteiger partial charge >= 0.3 is 5.97 Å². The number of halogens is 3. The second-order valence-electron chi connectivity index (χ2n) is 5.61. The van der Waals surface area contributed by atoms with Crippen LogP contribution in [-0.4, -0.2) is 24.7 Å². The van der Waals surface area contributed by atoms with Crippen LogP contribution in [0.4, 0.5) is 5.69 Å². The molecule has 26 heavy (non-hydrogen) atoms. The summed E-state index contributed by atoms with van der Waals surface area (Å²) in [6.45, 7) is 0. The standard InChI is InChI=1S/C18H13Cl3N2O3/c1-26-18(25)15-9-16(10-2-4-11(19)5-3-10)22-23(17(15)24)14-7-12(20)6-13(21)8-14/h2-8,15H,9H2,1H3. The Morgan fingerprint density at radius 3 is 2.27 bits per heavy atom. The summed E-state index contributed by atoms with van der Waals surface area (Å²) in [5.74, 6) is -2.15. The number of amides is 1. The Hall–Kier alpha value is -2.08. The molecule has 2 aromatic carbocycles. The van der Waals surface area contributed by atoms with E-state index in [-0.39, 0.29) is 6.42 Å². The maximum absolute atomic E-state index is 12.8. The Kier molecular flexibility index (Phi) is 5.51. The number of methoxy groups -OCH3 is 1. The molecule has 8 heteroatoms. The van der Waals surface area contributed by atoms with Gasteiger partial charge in [-0.2, -0.15) is 10.1 Å². The van der Waals surface area contributed by atoms with Crippen LogP contribution in [0.3, 0.4) is 0 Å². The number of esters is 1. The van der Waals surface area contributed by atoms with Crippen molar-refractivity contribution in [2.75, 3.05) is 12.1 Å². The summed E-state index contributed by atoms with van der Waals surface area (Å²) in [4.78, 5) is 24.9. The van der Waals surface area contributed by atoms with E-state index in [4.69, 9.17) is 39.5 Å². The van der Waals surface area contributed by atoms with Gasteiger partial charge in [0.05, 0.1) is 18.5 Å². The van der Waals surface area contributed by atoms with Crippen molar-refractivity contribution in [1.82, 2.24) is 0 Å². The van der Waals surface area contributed by atoms with Gasteiger partial charge in [-0.3, -0.25) is 9.59 Å². The number of benzene rings is 2. The maximum atomic E-state index is 12.8. The normalized spacial score (nSPS) is 17.1. The number of rotatable bonds is 3. The van der Waals surface area contributed by atoms with Crippen molar-refractivity contribution in [3.05, 3.63) is 63.1 Å².